The van der Waals surface area contributed by atoms with Crippen molar-refractivity contribution in [1.82, 2.24) is 0 Å². The van der Waals surface area contributed by atoms with Crippen molar-refractivity contribution < 1.29 is 15.0 Å². The van der Waals surface area contributed by atoms with Crippen LogP contribution in [0.5, 0.6) is 5.75 Å². The van der Waals surface area contributed by atoms with Gasteiger partial charge in [-0.2, -0.15) is 0 Å². The van der Waals surface area contributed by atoms with Gasteiger partial charge in [0.15, 0.2) is 0 Å². The minimum atomic E-state index is -0.873. The van der Waals surface area contributed by atoms with Crippen molar-refractivity contribution in [2.75, 3.05) is 0 Å². The van der Waals surface area contributed by atoms with E-state index in [-0.39, 0.29) is 12.2 Å². The van der Waals surface area contributed by atoms with Crippen molar-refractivity contribution in [2.24, 2.45) is 0 Å². The minimum Gasteiger partial charge on any atom is -0.508 e. The average molecular weight is 215 g/mol. The molecular formula is C10H11ClO3. The van der Waals surface area contributed by atoms with Crippen LogP contribution in [-0.4, -0.2) is 16.2 Å². The molecule has 1 rings (SSSR count). The number of hydrogen-bond acceptors (Lipinski definition) is 2. The second-order valence-electron chi connectivity index (χ2n) is 3.13. The van der Waals surface area contributed by atoms with Gasteiger partial charge in [0.1, 0.15) is 5.75 Å². The standard InChI is InChI=1S/C10H11ClO3/c1-6-4-8(12)5-7(10(6)11)2-3-9(13)14/h4-5,12H,2-3H2,1H3,(H,13,14). The predicted octanol–water partition coefficient (Wildman–Crippen LogP) is 2.37. The largest absolute Gasteiger partial charge is 0.508 e. The molecule has 4 heteroatoms. The van der Waals surface area contributed by atoms with Crippen molar-refractivity contribution in [1.29, 1.82) is 0 Å². The number of halogens is 1. The molecule has 0 heterocycles. The maximum absolute atomic E-state index is 10.3. The molecule has 0 radical (unpaired) electrons. The molecule has 0 aliphatic rings. The van der Waals surface area contributed by atoms with Crippen LogP contribution in [0.25, 0.3) is 0 Å². The number of aliphatic carboxylic acids is 1. The number of carbonyl (C=O) groups is 1. The molecule has 0 saturated carbocycles. The highest BCUT2D eigenvalue weighted by Crippen LogP contribution is 2.26. The van der Waals surface area contributed by atoms with Crippen LogP contribution < -0.4 is 0 Å². The first-order valence-corrected chi connectivity index (χ1v) is 4.58. The van der Waals surface area contributed by atoms with Crippen LogP contribution in [0, 0.1) is 6.92 Å². The molecule has 3 nitrogen and oxygen atoms in total. The van der Waals surface area contributed by atoms with E-state index in [1.807, 2.05) is 0 Å². The summed E-state index contributed by atoms with van der Waals surface area (Å²) in [5.41, 5.74) is 1.43. The van der Waals surface area contributed by atoms with Gasteiger partial charge < -0.3 is 10.2 Å². The third-order valence-electron chi connectivity index (χ3n) is 1.92. The Bertz CT molecular complexity index is 361. The highest BCUT2D eigenvalue weighted by atomic mass is 35.5. The van der Waals surface area contributed by atoms with Crippen LogP contribution in [0.4, 0.5) is 0 Å². The van der Waals surface area contributed by atoms with Crippen LogP contribution >= 0.6 is 11.6 Å². The molecule has 0 aromatic heterocycles. The van der Waals surface area contributed by atoms with Crippen molar-refractivity contribution in [3.8, 4) is 5.75 Å². The van der Waals surface area contributed by atoms with Crippen molar-refractivity contribution in [3.05, 3.63) is 28.3 Å². The zero-order valence-corrected chi connectivity index (χ0v) is 8.51. The monoisotopic (exact) mass is 214 g/mol. The van der Waals surface area contributed by atoms with Gasteiger partial charge in [-0.25, -0.2) is 0 Å². The van der Waals surface area contributed by atoms with Gasteiger partial charge in [-0.1, -0.05) is 11.6 Å². The molecule has 0 saturated heterocycles. The normalized spacial score (nSPS) is 10.1. The van der Waals surface area contributed by atoms with Gasteiger partial charge in [0.05, 0.1) is 0 Å². The van der Waals surface area contributed by atoms with Gasteiger partial charge in [0.25, 0.3) is 0 Å². The van der Waals surface area contributed by atoms with Crippen LogP contribution in [0.2, 0.25) is 5.02 Å². The van der Waals surface area contributed by atoms with Crippen molar-refractivity contribution in [2.45, 2.75) is 19.8 Å². The minimum absolute atomic E-state index is 0.0165. The second kappa shape index (κ2) is 4.33. The molecule has 0 unspecified atom stereocenters. The third kappa shape index (κ3) is 2.64. The third-order valence-corrected chi connectivity index (χ3v) is 2.46. The first-order valence-electron chi connectivity index (χ1n) is 4.20. The number of phenolic OH excluding ortho intramolecular Hbond substituents is 1. The van der Waals surface area contributed by atoms with E-state index < -0.39 is 5.97 Å². The molecule has 1 aromatic carbocycles. The zero-order chi connectivity index (χ0) is 10.7. The summed E-state index contributed by atoms with van der Waals surface area (Å²) >= 11 is 5.94. The summed E-state index contributed by atoms with van der Waals surface area (Å²) in [7, 11) is 0. The second-order valence-corrected chi connectivity index (χ2v) is 3.51. The van der Waals surface area contributed by atoms with Gasteiger partial charge in [0.2, 0.25) is 0 Å². The Morgan fingerprint density at radius 1 is 1.50 bits per heavy atom. The first kappa shape index (κ1) is 10.9. The summed E-state index contributed by atoms with van der Waals surface area (Å²) in [4.78, 5) is 10.3. The number of carboxylic acid groups (broad SMARTS) is 1. The Morgan fingerprint density at radius 2 is 2.14 bits per heavy atom. The molecular weight excluding hydrogens is 204 g/mol. The molecule has 0 spiro atoms. The number of hydrogen-bond donors (Lipinski definition) is 2. The highest BCUT2D eigenvalue weighted by Gasteiger charge is 2.07. The van der Waals surface area contributed by atoms with E-state index in [1.165, 1.54) is 6.07 Å². The summed E-state index contributed by atoms with van der Waals surface area (Å²) < 4.78 is 0. The SMILES string of the molecule is Cc1cc(O)cc(CCC(=O)O)c1Cl. The lowest BCUT2D eigenvalue weighted by Gasteiger charge is -2.06. The van der Waals surface area contributed by atoms with Crippen molar-refractivity contribution >= 4 is 17.6 Å². The predicted molar refractivity (Wildman–Crippen MR) is 53.8 cm³/mol. The van der Waals surface area contributed by atoms with Crippen LogP contribution in [0.1, 0.15) is 17.5 Å². The van der Waals surface area contributed by atoms with Gasteiger partial charge >= 0.3 is 5.97 Å². The topological polar surface area (TPSA) is 57.5 Å². The summed E-state index contributed by atoms with van der Waals surface area (Å²) in [6.07, 6.45) is 0.353. The summed E-state index contributed by atoms with van der Waals surface area (Å²) in [5.74, 6) is -0.755. The van der Waals surface area contributed by atoms with Crippen LogP contribution in [0.15, 0.2) is 12.1 Å². The number of aromatic hydroxyl groups is 1. The lowest BCUT2D eigenvalue weighted by molar-refractivity contribution is -0.136. The Morgan fingerprint density at radius 3 is 2.71 bits per heavy atom. The number of phenols is 1. The van der Waals surface area contributed by atoms with E-state index in [0.29, 0.717) is 17.0 Å². The van der Waals surface area contributed by atoms with E-state index in [9.17, 15) is 9.90 Å². The fourth-order valence-electron chi connectivity index (χ4n) is 1.25. The maximum Gasteiger partial charge on any atom is 0.303 e. The molecule has 2 N–H and O–H groups in total. The molecule has 76 valence electrons. The molecule has 14 heavy (non-hydrogen) atoms. The van der Waals surface area contributed by atoms with Crippen LogP contribution in [-0.2, 0) is 11.2 Å². The highest BCUT2D eigenvalue weighted by molar-refractivity contribution is 6.32. The van der Waals surface area contributed by atoms with Gasteiger partial charge in [-0.05, 0) is 36.6 Å². The Kier molecular flexibility index (Phi) is 3.36. The molecule has 0 amide bonds. The number of rotatable bonds is 3. The Labute approximate surface area is 86.9 Å². The fourth-order valence-corrected chi connectivity index (χ4v) is 1.45. The van der Waals surface area contributed by atoms with E-state index in [1.54, 1.807) is 13.0 Å². The molecule has 0 aliphatic carbocycles. The summed E-state index contributed by atoms with van der Waals surface area (Å²) in [6, 6.07) is 3.05. The molecule has 0 aliphatic heterocycles. The number of carboxylic acids is 1. The van der Waals surface area contributed by atoms with E-state index in [2.05, 4.69) is 0 Å². The quantitative estimate of drug-likeness (QED) is 0.812. The fraction of sp³-hybridized carbons (Fsp3) is 0.300. The summed E-state index contributed by atoms with van der Waals surface area (Å²) in [5, 5.41) is 18.3. The first-order chi connectivity index (χ1) is 6.50. The lowest BCUT2D eigenvalue weighted by Crippen LogP contribution is -1.98. The van der Waals surface area contributed by atoms with Gasteiger partial charge in [-0.3, -0.25) is 4.79 Å². The Balaban J connectivity index is 2.90. The van der Waals surface area contributed by atoms with Gasteiger partial charge in [-0.15, -0.1) is 0 Å². The van der Waals surface area contributed by atoms with E-state index in [4.69, 9.17) is 16.7 Å². The molecule has 1 aromatic rings. The smallest absolute Gasteiger partial charge is 0.303 e. The van der Waals surface area contributed by atoms with Gasteiger partial charge in [0, 0.05) is 11.4 Å². The molecule has 0 bridgehead atoms. The number of aryl methyl sites for hydroxylation is 2. The summed E-state index contributed by atoms with van der Waals surface area (Å²) in [6.45, 7) is 1.77. The lowest BCUT2D eigenvalue weighted by atomic mass is 10.1. The van der Waals surface area contributed by atoms with E-state index in [0.717, 1.165) is 5.56 Å². The average Bonchev–Trinajstić information content (AvgIpc) is 2.08. The maximum atomic E-state index is 10.3. The van der Waals surface area contributed by atoms with E-state index >= 15 is 0 Å². The van der Waals surface area contributed by atoms with Crippen molar-refractivity contribution in [3.63, 3.8) is 0 Å². The zero-order valence-electron chi connectivity index (χ0n) is 7.75. The van der Waals surface area contributed by atoms with Crippen LogP contribution in [0.3, 0.4) is 0 Å². The molecule has 0 fully saturated rings. The Hall–Kier alpha value is -1.22. The number of benzene rings is 1. The molecule has 0 atom stereocenters.